The van der Waals surface area contributed by atoms with Gasteiger partial charge in [-0.25, -0.2) is 9.59 Å². The number of nitro groups is 1. The van der Waals surface area contributed by atoms with Gasteiger partial charge in [-0.1, -0.05) is 30.3 Å². The number of ether oxygens (including phenoxy) is 2. The highest BCUT2D eigenvalue weighted by Crippen LogP contribution is 2.40. The lowest BCUT2D eigenvalue weighted by molar-refractivity contribution is -0.384. The second kappa shape index (κ2) is 7.90. The van der Waals surface area contributed by atoms with Crippen LogP contribution >= 0.6 is 0 Å². The number of fused-ring (bicyclic) bond motifs is 2. The van der Waals surface area contributed by atoms with Crippen LogP contribution in [0.4, 0.5) is 10.5 Å². The van der Waals surface area contributed by atoms with Gasteiger partial charge in [0.05, 0.1) is 10.5 Å². The van der Waals surface area contributed by atoms with Gasteiger partial charge in [0, 0.05) is 37.1 Å². The quantitative estimate of drug-likeness (QED) is 0.435. The molecule has 3 atom stereocenters. The Kier molecular flexibility index (Phi) is 5.16. The number of hydrogen-bond donors (Lipinski definition) is 0. The van der Waals surface area contributed by atoms with Gasteiger partial charge in [0.2, 0.25) is 0 Å². The molecule has 8 nitrogen and oxygen atoms in total. The van der Waals surface area contributed by atoms with Gasteiger partial charge >= 0.3 is 12.1 Å². The van der Waals surface area contributed by atoms with Crippen LogP contribution in [-0.2, 0) is 16.1 Å². The van der Waals surface area contributed by atoms with Crippen LogP contribution in [0.5, 0.6) is 0 Å². The van der Waals surface area contributed by atoms with Crippen molar-refractivity contribution in [3.05, 3.63) is 75.8 Å². The third-order valence-electron chi connectivity index (χ3n) is 5.49. The second-order valence-electron chi connectivity index (χ2n) is 7.33. The molecule has 1 saturated heterocycles. The first-order valence-corrected chi connectivity index (χ1v) is 9.44. The van der Waals surface area contributed by atoms with E-state index in [-0.39, 0.29) is 42.0 Å². The van der Waals surface area contributed by atoms with Crippen LogP contribution in [-0.4, -0.2) is 40.6 Å². The number of benzene rings is 2. The summed E-state index contributed by atoms with van der Waals surface area (Å²) in [6.07, 6.45) is 0.741. The van der Waals surface area contributed by atoms with Crippen molar-refractivity contribution in [2.24, 2.45) is 5.92 Å². The number of nitrogens with zero attached hydrogens (tertiary/aromatic N) is 2. The van der Waals surface area contributed by atoms with Gasteiger partial charge in [0.1, 0.15) is 12.7 Å². The van der Waals surface area contributed by atoms with Crippen molar-refractivity contribution in [2.45, 2.75) is 31.6 Å². The normalized spacial score (nSPS) is 22.3. The van der Waals surface area contributed by atoms with Gasteiger partial charge in [0.25, 0.3) is 5.69 Å². The molecule has 0 radical (unpaired) electrons. The molecule has 8 heteroatoms. The zero-order valence-corrected chi connectivity index (χ0v) is 15.6. The van der Waals surface area contributed by atoms with Crippen LogP contribution in [0.2, 0.25) is 0 Å². The third-order valence-corrected chi connectivity index (χ3v) is 5.49. The molecule has 1 amide bonds. The lowest BCUT2D eigenvalue weighted by Gasteiger charge is -2.30. The Balaban J connectivity index is 1.29. The Morgan fingerprint density at radius 3 is 2.41 bits per heavy atom. The van der Waals surface area contributed by atoms with Crippen molar-refractivity contribution in [3.8, 4) is 0 Å². The molecular weight excluding hydrogens is 376 g/mol. The maximum absolute atomic E-state index is 12.4. The molecule has 1 saturated carbocycles. The summed E-state index contributed by atoms with van der Waals surface area (Å²) < 4.78 is 11.0. The SMILES string of the molecule is O=C(O[C@@H]1CC2C[C@@H]1CN2C(=O)OCc1ccccc1)c1ccc([N+](=O)[O-])cc1. The zero-order valence-electron chi connectivity index (χ0n) is 15.6. The summed E-state index contributed by atoms with van der Waals surface area (Å²) >= 11 is 0. The van der Waals surface area contributed by atoms with E-state index >= 15 is 0 Å². The molecule has 0 spiro atoms. The summed E-state index contributed by atoms with van der Waals surface area (Å²) in [4.78, 5) is 36.6. The van der Waals surface area contributed by atoms with Crippen LogP contribution in [0.15, 0.2) is 54.6 Å². The number of nitro benzene ring substituents is 1. The van der Waals surface area contributed by atoms with Crippen molar-refractivity contribution in [1.82, 2.24) is 4.90 Å². The molecule has 0 aromatic heterocycles. The molecule has 1 unspecified atom stereocenters. The number of likely N-dealkylation sites (tertiary alicyclic amines) is 1. The van der Waals surface area contributed by atoms with Crippen molar-refractivity contribution in [1.29, 1.82) is 0 Å². The fourth-order valence-corrected chi connectivity index (χ4v) is 4.00. The molecule has 1 aliphatic carbocycles. The van der Waals surface area contributed by atoms with Gasteiger partial charge in [-0.15, -0.1) is 0 Å². The van der Waals surface area contributed by atoms with Crippen molar-refractivity contribution < 1.29 is 24.0 Å². The van der Waals surface area contributed by atoms with Crippen molar-refractivity contribution >= 4 is 17.7 Å². The van der Waals surface area contributed by atoms with Gasteiger partial charge < -0.3 is 14.4 Å². The third kappa shape index (κ3) is 4.06. The minimum atomic E-state index is -0.517. The summed E-state index contributed by atoms with van der Waals surface area (Å²) in [5, 5.41) is 10.7. The number of carbonyl (C=O) groups excluding carboxylic acids is 2. The smallest absolute Gasteiger partial charge is 0.410 e. The number of non-ortho nitro benzene ring substituents is 1. The number of piperidine rings is 1. The predicted octanol–water partition coefficient (Wildman–Crippen LogP) is 3.55. The molecule has 1 aliphatic heterocycles. The number of carbonyl (C=O) groups is 2. The maximum atomic E-state index is 12.4. The molecule has 1 heterocycles. The Morgan fingerprint density at radius 2 is 1.79 bits per heavy atom. The number of amides is 1. The molecule has 4 rings (SSSR count). The number of esters is 1. The van der Waals surface area contributed by atoms with E-state index in [1.807, 2.05) is 30.3 Å². The molecule has 2 fully saturated rings. The Labute approximate surface area is 167 Å². The van der Waals surface area contributed by atoms with Crippen LogP contribution < -0.4 is 0 Å². The van der Waals surface area contributed by atoms with E-state index in [9.17, 15) is 19.7 Å². The fourth-order valence-electron chi connectivity index (χ4n) is 4.00. The highest BCUT2D eigenvalue weighted by molar-refractivity contribution is 5.89. The van der Waals surface area contributed by atoms with Crippen molar-refractivity contribution in [2.75, 3.05) is 6.54 Å². The van der Waals surface area contributed by atoms with Crippen LogP contribution in [0.1, 0.15) is 28.8 Å². The first-order valence-electron chi connectivity index (χ1n) is 9.44. The fraction of sp³-hybridized carbons (Fsp3) is 0.333. The summed E-state index contributed by atoms with van der Waals surface area (Å²) in [5.41, 5.74) is 1.13. The molecule has 29 heavy (non-hydrogen) atoms. The number of rotatable bonds is 5. The van der Waals surface area contributed by atoms with E-state index in [0.717, 1.165) is 12.0 Å². The summed E-state index contributed by atoms with van der Waals surface area (Å²) in [7, 11) is 0. The predicted molar refractivity (Wildman–Crippen MR) is 102 cm³/mol. The van der Waals surface area contributed by atoms with E-state index in [4.69, 9.17) is 9.47 Å². The number of hydrogen-bond acceptors (Lipinski definition) is 6. The molecule has 2 aliphatic rings. The summed E-state index contributed by atoms with van der Waals surface area (Å²) in [5.74, 6) is -0.429. The largest absolute Gasteiger partial charge is 0.458 e. The molecule has 2 aromatic rings. The standard InChI is InChI=1S/C21H20N2O6/c24-20(15-6-8-17(9-7-15)23(26)27)29-19-11-18-10-16(19)12-22(18)21(25)28-13-14-4-2-1-3-5-14/h1-9,16,18-19H,10-13H2/t16-,18?,19-/m1/s1. The lowest BCUT2D eigenvalue weighted by Crippen LogP contribution is -2.43. The van der Waals surface area contributed by atoms with Crippen LogP contribution in [0, 0.1) is 16.0 Å². The molecule has 0 N–H and O–H groups in total. The highest BCUT2D eigenvalue weighted by atomic mass is 16.6. The first-order chi connectivity index (χ1) is 14.0. The molecule has 2 aromatic carbocycles. The van der Waals surface area contributed by atoms with Crippen LogP contribution in [0.25, 0.3) is 0 Å². The Hall–Kier alpha value is -3.42. The topological polar surface area (TPSA) is 99.0 Å². The van der Waals surface area contributed by atoms with Gasteiger partial charge in [0.15, 0.2) is 0 Å². The molecule has 2 bridgehead atoms. The minimum Gasteiger partial charge on any atom is -0.458 e. The molecule has 150 valence electrons. The van der Waals surface area contributed by atoms with Gasteiger partial charge in [-0.3, -0.25) is 10.1 Å². The highest BCUT2D eigenvalue weighted by Gasteiger charge is 2.48. The second-order valence-corrected chi connectivity index (χ2v) is 7.33. The maximum Gasteiger partial charge on any atom is 0.410 e. The monoisotopic (exact) mass is 396 g/mol. The van der Waals surface area contributed by atoms with E-state index in [1.54, 1.807) is 4.90 Å². The first kappa shape index (κ1) is 18.9. The lowest BCUT2D eigenvalue weighted by atomic mass is 10.1. The van der Waals surface area contributed by atoms with E-state index in [0.29, 0.717) is 13.0 Å². The summed E-state index contributed by atoms with van der Waals surface area (Å²) in [6.45, 7) is 0.725. The van der Waals surface area contributed by atoms with E-state index in [1.165, 1.54) is 24.3 Å². The Morgan fingerprint density at radius 1 is 1.07 bits per heavy atom. The molecular formula is C21H20N2O6. The Bertz CT molecular complexity index is 915. The van der Waals surface area contributed by atoms with Gasteiger partial charge in [-0.05, 0) is 24.1 Å². The van der Waals surface area contributed by atoms with Gasteiger partial charge in [-0.2, -0.15) is 0 Å². The average molecular weight is 396 g/mol. The minimum absolute atomic E-state index is 0.00191. The average Bonchev–Trinajstić information content (AvgIpc) is 3.33. The zero-order chi connectivity index (χ0) is 20.4. The van der Waals surface area contributed by atoms with E-state index < -0.39 is 10.9 Å². The van der Waals surface area contributed by atoms with Crippen LogP contribution in [0.3, 0.4) is 0 Å². The van der Waals surface area contributed by atoms with E-state index in [2.05, 4.69) is 0 Å². The van der Waals surface area contributed by atoms with Crippen molar-refractivity contribution in [3.63, 3.8) is 0 Å². The summed E-state index contributed by atoms with van der Waals surface area (Å²) in [6, 6.07) is 14.8.